The molecule has 0 aliphatic heterocycles. The number of rotatable bonds is 5. The lowest BCUT2D eigenvalue weighted by Gasteiger charge is -2.36. The zero-order valence-electron chi connectivity index (χ0n) is 11.5. The van der Waals surface area contributed by atoms with Crippen molar-refractivity contribution in [3.8, 4) is 0 Å². The lowest BCUT2D eigenvalue weighted by Crippen LogP contribution is -2.46. The van der Waals surface area contributed by atoms with E-state index in [9.17, 15) is 0 Å². The van der Waals surface area contributed by atoms with Gasteiger partial charge in [-0.3, -0.25) is 0 Å². The quantitative estimate of drug-likeness (QED) is 0.867. The van der Waals surface area contributed by atoms with Gasteiger partial charge in [-0.15, -0.1) is 11.3 Å². The topological polar surface area (TPSA) is 24.9 Å². The maximum Gasteiger partial charge on any atom is 0.114 e. The molecule has 0 saturated carbocycles. The van der Waals surface area contributed by atoms with Gasteiger partial charge in [-0.05, 0) is 38.1 Å². The maximum absolute atomic E-state index is 4.93. The first-order valence-corrected chi connectivity index (χ1v) is 7.69. The summed E-state index contributed by atoms with van der Waals surface area (Å²) in [6.45, 7) is 10.1. The molecule has 0 fully saturated rings. The van der Waals surface area contributed by atoms with E-state index in [2.05, 4.69) is 33.0 Å². The molecule has 1 aromatic heterocycles. The lowest BCUT2D eigenvalue weighted by molar-refractivity contribution is 0.232. The van der Waals surface area contributed by atoms with Gasteiger partial charge in [0.2, 0.25) is 0 Å². The largest absolute Gasteiger partial charge is 0.305 e. The van der Waals surface area contributed by atoms with Crippen LogP contribution in [0.4, 0.5) is 0 Å². The SMILES string of the molecule is CCNC(CC)(c1nc2c(s1)CCC2)C(C)C. The van der Waals surface area contributed by atoms with Crippen molar-refractivity contribution in [1.29, 1.82) is 0 Å². The fraction of sp³-hybridized carbons (Fsp3) is 0.786. The molecule has 3 heteroatoms. The second kappa shape index (κ2) is 5.07. The van der Waals surface area contributed by atoms with Gasteiger partial charge in [0.1, 0.15) is 5.01 Å². The zero-order chi connectivity index (χ0) is 12.5. The van der Waals surface area contributed by atoms with Crippen molar-refractivity contribution >= 4 is 11.3 Å². The summed E-state index contributed by atoms with van der Waals surface area (Å²) in [5, 5.41) is 5.02. The first kappa shape index (κ1) is 13.0. The molecule has 0 spiro atoms. The smallest absolute Gasteiger partial charge is 0.114 e. The highest BCUT2D eigenvalue weighted by Gasteiger charge is 2.37. The van der Waals surface area contributed by atoms with Crippen molar-refractivity contribution in [2.45, 2.75) is 58.9 Å². The summed E-state index contributed by atoms with van der Waals surface area (Å²) >= 11 is 1.95. The number of hydrogen-bond acceptors (Lipinski definition) is 3. The molecule has 17 heavy (non-hydrogen) atoms. The molecule has 1 aromatic rings. The van der Waals surface area contributed by atoms with Crippen LogP contribution in [0.5, 0.6) is 0 Å². The summed E-state index contributed by atoms with van der Waals surface area (Å²) in [5.74, 6) is 0.582. The lowest BCUT2D eigenvalue weighted by atomic mass is 9.84. The Hall–Kier alpha value is -0.410. The Labute approximate surface area is 109 Å². The predicted molar refractivity (Wildman–Crippen MR) is 74.6 cm³/mol. The van der Waals surface area contributed by atoms with Crippen LogP contribution < -0.4 is 5.32 Å². The van der Waals surface area contributed by atoms with Crippen LogP contribution >= 0.6 is 11.3 Å². The standard InChI is InChI=1S/C14H24N2S/c1-5-14(10(3)4,15-6-2)13-16-11-8-7-9-12(11)17-13/h10,15H,5-9H2,1-4H3. The van der Waals surface area contributed by atoms with Crippen LogP contribution in [0.3, 0.4) is 0 Å². The van der Waals surface area contributed by atoms with E-state index in [4.69, 9.17) is 4.98 Å². The van der Waals surface area contributed by atoms with E-state index in [-0.39, 0.29) is 5.54 Å². The third-order valence-corrected chi connectivity index (χ3v) is 5.35. The molecule has 1 aliphatic carbocycles. The minimum Gasteiger partial charge on any atom is -0.305 e. The number of fused-ring (bicyclic) bond motifs is 1. The van der Waals surface area contributed by atoms with E-state index in [1.165, 1.54) is 34.8 Å². The summed E-state index contributed by atoms with van der Waals surface area (Å²) in [4.78, 5) is 6.47. The number of hydrogen-bond donors (Lipinski definition) is 1. The average molecular weight is 252 g/mol. The van der Waals surface area contributed by atoms with E-state index in [0.717, 1.165) is 13.0 Å². The maximum atomic E-state index is 4.93. The molecule has 1 aliphatic rings. The highest BCUT2D eigenvalue weighted by molar-refractivity contribution is 7.12. The Morgan fingerprint density at radius 3 is 2.65 bits per heavy atom. The first-order chi connectivity index (χ1) is 8.14. The van der Waals surface area contributed by atoms with Crippen molar-refractivity contribution in [2.75, 3.05) is 6.54 Å². The van der Waals surface area contributed by atoms with Gasteiger partial charge in [0.25, 0.3) is 0 Å². The van der Waals surface area contributed by atoms with Crippen LogP contribution in [0.15, 0.2) is 0 Å². The Kier molecular flexibility index (Phi) is 3.88. The number of aromatic nitrogens is 1. The first-order valence-electron chi connectivity index (χ1n) is 6.88. The van der Waals surface area contributed by atoms with Gasteiger partial charge in [-0.1, -0.05) is 27.7 Å². The van der Waals surface area contributed by atoms with Crippen molar-refractivity contribution in [3.63, 3.8) is 0 Å². The number of aryl methyl sites for hydroxylation is 2. The van der Waals surface area contributed by atoms with Crippen LogP contribution in [-0.2, 0) is 18.4 Å². The summed E-state index contributed by atoms with van der Waals surface area (Å²) in [6, 6.07) is 0. The molecule has 96 valence electrons. The second-order valence-electron chi connectivity index (χ2n) is 5.25. The molecular weight excluding hydrogens is 228 g/mol. The summed E-state index contributed by atoms with van der Waals surface area (Å²) < 4.78 is 0. The molecule has 1 N–H and O–H groups in total. The Morgan fingerprint density at radius 1 is 1.35 bits per heavy atom. The third kappa shape index (κ3) is 2.15. The Morgan fingerprint density at radius 2 is 2.12 bits per heavy atom. The summed E-state index contributed by atoms with van der Waals surface area (Å²) in [5.41, 5.74) is 1.46. The van der Waals surface area contributed by atoms with Crippen molar-refractivity contribution in [1.82, 2.24) is 10.3 Å². The fourth-order valence-electron chi connectivity index (χ4n) is 2.91. The molecule has 0 radical (unpaired) electrons. The molecule has 2 nitrogen and oxygen atoms in total. The molecule has 0 aromatic carbocycles. The van der Waals surface area contributed by atoms with Crippen molar-refractivity contribution < 1.29 is 0 Å². The van der Waals surface area contributed by atoms with Gasteiger partial charge >= 0.3 is 0 Å². The molecule has 0 saturated heterocycles. The summed E-state index contributed by atoms with van der Waals surface area (Å²) in [7, 11) is 0. The van der Waals surface area contributed by atoms with E-state index in [0.29, 0.717) is 5.92 Å². The van der Waals surface area contributed by atoms with Crippen LogP contribution in [0, 0.1) is 5.92 Å². The van der Waals surface area contributed by atoms with E-state index in [1.54, 1.807) is 0 Å². The van der Waals surface area contributed by atoms with Gasteiger partial charge in [0.05, 0.1) is 11.2 Å². The Balaban J connectivity index is 2.37. The van der Waals surface area contributed by atoms with Gasteiger partial charge in [0.15, 0.2) is 0 Å². The number of nitrogens with zero attached hydrogens (tertiary/aromatic N) is 1. The minimum atomic E-state index is 0.0871. The Bertz CT molecular complexity index is 362. The molecule has 1 heterocycles. The van der Waals surface area contributed by atoms with Crippen LogP contribution in [0.2, 0.25) is 0 Å². The number of nitrogens with one attached hydrogen (secondary N) is 1. The highest BCUT2D eigenvalue weighted by Crippen LogP contribution is 2.39. The van der Waals surface area contributed by atoms with Gasteiger partial charge in [-0.2, -0.15) is 0 Å². The second-order valence-corrected chi connectivity index (χ2v) is 6.34. The van der Waals surface area contributed by atoms with Gasteiger partial charge < -0.3 is 5.32 Å². The van der Waals surface area contributed by atoms with E-state index in [1.807, 2.05) is 11.3 Å². The van der Waals surface area contributed by atoms with E-state index >= 15 is 0 Å². The molecular formula is C14H24N2S. The van der Waals surface area contributed by atoms with Crippen molar-refractivity contribution in [3.05, 3.63) is 15.6 Å². The highest BCUT2D eigenvalue weighted by atomic mass is 32.1. The number of thiazole rings is 1. The van der Waals surface area contributed by atoms with Gasteiger partial charge in [-0.25, -0.2) is 4.98 Å². The normalized spacial score (nSPS) is 18.4. The zero-order valence-corrected chi connectivity index (χ0v) is 12.3. The molecule has 1 atom stereocenters. The minimum absolute atomic E-state index is 0.0871. The average Bonchev–Trinajstić information content (AvgIpc) is 2.85. The molecule has 0 amide bonds. The third-order valence-electron chi connectivity index (χ3n) is 4.01. The van der Waals surface area contributed by atoms with Crippen LogP contribution in [-0.4, -0.2) is 11.5 Å². The summed E-state index contributed by atoms with van der Waals surface area (Å²) in [6.07, 6.45) is 4.86. The van der Waals surface area contributed by atoms with Crippen LogP contribution in [0.25, 0.3) is 0 Å². The van der Waals surface area contributed by atoms with Crippen LogP contribution in [0.1, 0.15) is 56.1 Å². The van der Waals surface area contributed by atoms with E-state index < -0.39 is 0 Å². The molecule has 0 bridgehead atoms. The monoisotopic (exact) mass is 252 g/mol. The fourth-order valence-corrected chi connectivity index (χ4v) is 4.44. The van der Waals surface area contributed by atoms with Gasteiger partial charge in [0, 0.05) is 4.88 Å². The molecule has 2 rings (SSSR count). The predicted octanol–water partition coefficient (Wildman–Crippen LogP) is 3.50. The van der Waals surface area contributed by atoms with Crippen molar-refractivity contribution in [2.24, 2.45) is 5.92 Å². The molecule has 1 unspecified atom stereocenters.